The van der Waals surface area contributed by atoms with Gasteiger partial charge in [-0.3, -0.25) is 9.59 Å². The van der Waals surface area contributed by atoms with Crippen LogP contribution >= 0.6 is 11.3 Å². The summed E-state index contributed by atoms with van der Waals surface area (Å²) in [5, 5.41) is 2.38. The Balaban J connectivity index is 1.06. The largest absolute Gasteiger partial charge is 0.338 e. The van der Waals surface area contributed by atoms with Crippen LogP contribution in [0.3, 0.4) is 0 Å². The van der Waals surface area contributed by atoms with E-state index in [4.69, 9.17) is 0 Å². The third kappa shape index (κ3) is 4.64. The first-order valence-corrected chi connectivity index (χ1v) is 14.0. The minimum absolute atomic E-state index is 0.0130. The van der Waals surface area contributed by atoms with Crippen LogP contribution in [-0.2, 0) is 0 Å². The zero-order valence-corrected chi connectivity index (χ0v) is 21.7. The van der Waals surface area contributed by atoms with Gasteiger partial charge in [-0.25, -0.2) is 18.7 Å². The molecule has 3 aliphatic rings. The molecular formula is C27H31F2N5O2S. The number of piperidine rings is 1. The van der Waals surface area contributed by atoms with E-state index in [1.807, 2.05) is 40.3 Å². The predicted octanol–water partition coefficient (Wildman–Crippen LogP) is 5.18. The highest BCUT2D eigenvalue weighted by Crippen LogP contribution is 2.40. The number of hydrogen-bond acceptors (Lipinski definition) is 5. The lowest BCUT2D eigenvalue weighted by Crippen LogP contribution is -2.54. The van der Waals surface area contributed by atoms with Crippen LogP contribution in [0.1, 0.15) is 70.6 Å². The molecule has 2 saturated heterocycles. The fourth-order valence-electron chi connectivity index (χ4n) is 6.29. The second kappa shape index (κ2) is 9.45. The van der Waals surface area contributed by atoms with Gasteiger partial charge in [0.1, 0.15) is 5.82 Å². The Morgan fingerprint density at radius 3 is 2.41 bits per heavy atom. The van der Waals surface area contributed by atoms with Crippen LogP contribution in [0.4, 0.5) is 8.78 Å². The molecule has 3 aromatic rings. The Bertz CT molecular complexity index is 1300. The van der Waals surface area contributed by atoms with E-state index in [1.54, 1.807) is 6.20 Å². The number of carbonyl (C=O) groups is 2. The van der Waals surface area contributed by atoms with Crippen molar-refractivity contribution in [2.24, 2.45) is 11.8 Å². The van der Waals surface area contributed by atoms with E-state index in [0.717, 1.165) is 55.9 Å². The molecule has 0 bridgehead atoms. The molecule has 0 N–H and O–H groups in total. The van der Waals surface area contributed by atoms with Gasteiger partial charge in [0, 0.05) is 62.2 Å². The number of benzene rings is 1. The minimum Gasteiger partial charge on any atom is -0.338 e. The van der Waals surface area contributed by atoms with E-state index in [9.17, 15) is 18.4 Å². The number of aromatic nitrogens is 3. The quantitative estimate of drug-likeness (QED) is 0.469. The Morgan fingerprint density at radius 1 is 1.00 bits per heavy atom. The van der Waals surface area contributed by atoms with E-state index in [2.05, 4.69) is 14.5 Å². The molecule has 0 atom stereocenters. The van der Waals surface area contributed by atoms with Crippen LogP contribution in [-0.4, -0.2) is 68.3 Å². The van der Waals surface area contributed by atoms with Gasteiger partial charge in [-0.2, -0.15) is 0 Å². The van der Waals surface area contributed by atoms with Crippen molar-refractivity contribution >= 4 is 34.2 Å². The highest BCUT2D eigenvalue weighted by Gasteiger charge is 2.39. The maximum Gasteiger partial charge on any atom is 0.282 e. The standard InChI is InChI=1S/C27H31F2N5O2S/c1-17-31-22-14-19(2-3-23(22)34(17)21-4-8-27(28,29)9-5-21)25(35)33-15-20(16-33)18-6-11-32(12-7-18)26(36)24-30-10-13-37-24/h2-3,10,13-14,18,20-21H,4-9,11-12,15-16H2,1H3. The van der Waals surface area contributed by atoms with Crippen LogP contribution in [0.2, 0.25) is 0 Å². The highest BCUT2D eigenvalue weighted by molar-refractivity contribution is 7.11. The van der Waals surface area contributed by atoms with Crippen molar-refractivity contribution in [3.05, 3.63) is 46.2 Å². The molecule has 196 valence electrons. The van der Waals surface area contributed by atoms with Crippen molar-refractivity contribution in [3.8, 4) is 0 Å². The zero-order chi connectivity index (χ0) is 25.7. The number of imidazole rings is 1. The first-order chi connectivity index (χ1) is 17.8. The number of hydrogen-bond donors (Lipinski definition) is 0. The summed E-state index contributed by atoms with van der Waals surface area (Å²) in [6.45, 7) is 4.87. The van der Waals surface area contributed by atoms with Crippen LogP contribution in [0.5, 0.6) is 0 Å². The smallest absolute Gasteiger partial charge is 0.282 e. The molecule has 1 aliphatic carbocycles. The minimum atomic E-state index is -2.56. The average molecular weight is 528 g/mol. The van der Waals surface area contributed by atoms with Crippen LogP contribution in [0, 0.1) is 18.8 Å². The molecule has 1 saturated carbocycles. The van der Waals surface area contributed by atoms with Crippen LogP contribution in [0.15, 0.2) is 29.8 Å². The second-order valence-corrected chi connectivity index (χ2v) is 11.7. The summed E-state index contributed by atoms with van der Waals surface area (Å²) in [4.78, 5) is 38.3. The van der Waals surface area contributed by atoms with Gasteiger partial charge in [0.2, 0.25) is 5.92 Å². The lowest BCUT2D eigenvalue weighted by Gasteiger charge is -2.46. The highest BCUT2D eigenvalue weighted by atomic mass is 32.1. The molecule has 6 rings (SSSR count). The Kier molecular flexibility index (Phi) is 6.25. The van der Waals surface area contributed by atoms with Gasteiger partial charge in [-0.15, -0.1) is 11.3 Å². The first kappa shape index (κ1) is 24.5. The molecule has 1 aromatic carbocycles. The van der Waals surface area contributed by atoms with E-state index < -0.39 is 5.92 Å². The summed E-state index contributed by atoms with van der Waals surface area (Å²) in [5.74, 6) is -0.736. The van der Waals surface area contributed by atoms with E-state index in [1.165, 1.54) is 11.3 Å². The summed E-state index contributed by atoms with van der Waals surface area (Å²) in [6.07, 6.45) is 4.27. The van der Waals surface area contributed by atoms with Gasteiger partial charge in [0.15, 0.2) is 5.01 Å². The molecule has 10 heteroatoms. The van der Waals surface area contributed by atoms with Crippen molar-refractivity contribution < 1.29 is 18.4 Å². The van der Waals surface area contributed by atoms with Gasteiger partial charge < -0.3 is 14.4 Å². The molecule has 2 aromatic heterocycles. The van der Waals surface area contributed by atoms with Gasteiger partial charge in [-0.05, 0) is 62.6 Å². The van der Waals surface area contributed by atoms with Gasteiger partial charge in [0.25, 0.3) is 11.8 Å². The lowest BCUT2D eigenvalue weighted by atomic mass is 9.79. The Labute approximate surface area is 218 Å². The number of alkyl halides is 2. The molecule has 2 amide bonds. The maximum absolute atomic E-state index is 13.7. The number of fused-ring (bicyclic) bond motifs is 1. The van der Waals surface area contributed by atoms with Crippen molar-refractivity contribution in [3.63, 3.8) is 0 Å². The van der Waals surface area contributed by atoms with Crippen LogP contribution < -0.4 is 0 Å². The van der Waals surface area contributed by atoms with Crippen molar-refractivity contribution in [2.45, 2.75) is 57.4 Å². The Hall–Kier alpha value is -2.88. The van der Waals surface area contributed by atoms with Gasteiger partial charge in [0.05, 0.1) is 11.0 Å². The summed E-state index contributed by atoms with van der Waals surface area (Å²) < 4.78 is 29.4. The fourth-order valence-corrected chi connectivity index (χ4v) is 6.90. The number of rotatable bonds is 4. The monoisotopic (exact) mass is 527 g/mol. The molecule has 3 fully saturated rings. The number of likely N-dealkylation sites (tertiary alicyclic amines) is 2. The van der Waals surface area contributed by atoms with Crippen LogP contribution in [0.25, 0.3) is 11.0 Å². The number of halogens is 2. The van der Waals surface area contributed by atoms with E-state index in [0.29, 0.717) is 35.2 Å². The van der Waals surface area contributed by atoms with Gasteiger partial charge >= 0.3 is 0 Å². The third-order valence-corrected chi connectivity index (χ3v) is 9.23. The molecule has 37 heavy (non-hydrogen) atoms. The lowest BCUT2D eigenvalue weighted by molar-refractivity contribution is -0.0438. The fraction of sp³-hybridized carbons (Fsp3) is 0.556. The topological polar surface area (TPSA) is 71.3 Å². The number of nitrogens with zero attached hydrogens (tertiary/aromatic N) is 5. The molecule has 0 radical (unpaired) electrons. The maximum atomic E-state index is 13.7. The van der Waals surface area contributed by atoms with E-state index >= 15 is 0 Å². The number of thiazole rings is 1. The summed E-state index contributed by atoms with van der Waals surface area (Å²) in [6, 6.07) is 5.62. The molecule has 0 unspecified atom stereocenters. The number of carbonyl (C=O) groups excluding carboxylic acids is 2. The molecule has 4 heterocycles. The molecule has 2 aliphatic heterocycles. The second-order valence-electron chi connectivity index (χ2n) is 10.8. The van der Waals surface area contributed by atoms with Crippen molar-refractivity contribution in [1.29, 1.82) is 0 Å². The number of amides is 2. The molecular weight excluding hydrogens is 496 g/mol. The van der Waals surface area contributed by atoms with E-state index in [-0.39, 0.29) is 30.7 Å². The molecule has 0 spiro atoms. The van der Waals surface area contributed by atoms with Gasteiger partial charge in [-0.1, -0.05) is 0 Å². The Morgan fingerprint density at radius 2 is 1.73 bits per heavy atom. The van der Waals surface area contributed by atoms with Crippen molar-refractivity contribution in [2.75, 3.05) is 26.2 Å². The molecule has 7 nitrogen and oxygen atoms in total. The summed E-state index contributed by atoms with van der Waals surface area (Å²) >= 11 is 1.38. The third-order valence-electron chi connectivity index (χ3n) is 8.47. The summed E-state index contributed by atoms with van der Waals surface area (Å²) in [5.41, 5.74) is 2.27. The first-order valence-electron chi connectivity index (χ1n) is 13.1. The predicted molar refractivity (Wildman–Crippen MR) is 137 cm³/mol. The SMILES string of the molecule is Cc1nc2cc(C(=O)N3CC(C4CCN(C(=O)c5nccs5)CC4)C3)ccc2n1C1CCC(F)(F)CC1. The summed E-state index contributed by atoms with van der Waals surface area (Å²) in [7, 11) is 0. The normalized spacial score (nSPS) is 21.4. The average Bonchev–Trinajstić information content (AvgIpc) is 3.50. The van der Waals surface area contributed by atoms with Crippen molar-refractivity contribution in [1.82, 2.24) is 24.3 Å². The number of aryl methyl sites for hydroxylation is 1. The zero-order valence-electron chi connectivity index (χ0n) is 20.9.